The minimum atomic E-state index is -3.52. The van der Waals surface area contributed by atoms with Crippen molar-refractivity contribution in [3.05, 3.63) is 46.2 Å². The number of aliphatic hydroxyl groups is 1. The number of aryl methyl sites for hydroxylation is 1. The number of sulfone groups is 1. The monoisotopic (exact) mass is 356 g/mol. The highest BCUT2D eigenvalue weighted by atomic mass is 35.5. The molecule has 0 spiro atoms. The minimum absolute atomic E-state index is 0.0241. The lowest BCUT2D eigenvalue weighted by molar-refractivity contribution is 0.206. The summed E-state index contributed by atoms with van der Waals surface area (Å²) in [5, 5.41) is 15.4. The lowest BCUT2D eigenvalue weighted by atomic mass is 9.92. The summed E-state index contributed by atoms with van der Waals surface area (Å²) in [7, 11) is -1.79. The van der Waals surface area contributed by atoms with Crippen LogP contribution in [0.4, 0.5) is 0 Å². The first-order valence-electron chi connectivity index (χ1n) is 7.13. The van der Waals surface area contributed by atoms with E-state index in [1.165, 1.54) is 12.1 Å². The summed E-state index contributed by atoms with van der Waals surface area (Å²) in [6.45, 7) is 6.07. The van der Waals surface area contributed by atoms with E-state index in [4.69, 9.17) is 11.6 Å². The molecule has 0 aliphatic rings. The first-order valence-corrected chi connectivity index (χ1v) is 9.40. The van der Waals surface area contributed by atoms with Crippen LogP contribution < -0.4 is 0 Å². The number of hydrogen-bond acceptors (Lipinski definition) is 4. The van der Waals surface area contributed by atoms with E-state index in [9.17, 15) is 13.5 Å². The Balaban J connectivity index is 2.59. The quantitative estimate of drug-likeness (QED) is 0.917. The Morgan fingerprint density at radius 2 is 1.87 bits per heavy atom. The molecule has 0 saturated carbocycles. The van der Waals surface area contributed by atoms with Gasteiger partial charge in [-0.1, -0.05) is 38.4 Å². The van der Waals surface area contributed by atoms with Crippen molar-refractivity contribution < 1.29 is 13.5 Å². The number of aliphatic hydroxyl groups excluding tert-OH is 1. The molecule has 23 heavy (non-hydrogen) atoms. The van der Waals surface area contributed by atoms with Crippen molar-refractivity contribution in [3.8, 4) is 0 Å². The van der Waals surface area contributed by atoms with Crippen LogP contribution in [0.2, 0.25) is 5.02 Å². The molecule has 0 saturated heterocycles. The van der Waals surface area contributed by atoms with Crippen LogP contribution in [0.15, 0.2) is 29.2 Å². The highest BCUT2D eigenvalue weighted by molar-refractivity contribution is 7.90. The molecule has 0 amide bonds. The van der Waals surface area contributed by atoms with E-state index >= 15 is 0 Å². The van der Waals surface area contributed by atoms with Crippen molar-refractivity contribution in [1.82, 2.24) is 9.78 Å². The van der Waals surface area contributed by atoms with Gasteiger partial charge < -0.3 is 5.11 Å². The van der Waals surface area contributed by atoms with Crippen molar-refractivity contribution in [2.24, 2.45) is 7.05 Å². The second-order valence-electron chi connectivity index (χ2n) is 6.68. The van der Waals surface area contributed by atoms with Crippen LogP contribution in [0.1, 0.15) is 43.8 Å². The van der Waals surface area contributed by atoms with Crippen LogP contribution in [0.5, 0.6) is 0 Å². The highest BCUT2D eigenvalue weighted by Gasteiger charge is 2.26. The van der Waals surface area contributed by atoms with Gasteiger partial charge in [-0.3, -0.25) is 4.68 Å². The van der Waals surface area contributed by atoms with Gasteiger partial charge >= 0.3 is 0 Å². The lowest BCUT2D eigenvalue weighted by Crippen LogP contribution is -2.12. The van der Waals surface area contributed by atoms with E-state index in [1.807, 2.05) is 20.8 Å². The third-order valence-electron chi connectivity index (χ3n) is 3.63. The van der Waals surface area contributed by atoms with Crippen LogP contribution in [0.3, 0.4) is 0 Å². The third-order valence-corrected chi connectivity index (χ3v) is 5.02. The van der Waals surface area contributed by atoms with Gasteiger partial charge in [-0.25, -0.2) is 8.42 Å². The second kappa shape index (κ2) is 5.92. The molecule has 2 aromatic rings. The van der Waals surface area contributed by atoms with Crippen LogP contribution in [-0.2, 0) is 22.3 Å². The predicted octanol–water partition coefficient (Wildman–Crippen LogP) is 2.86. The number of aromatic nitrogens is 2. The van der Waals surface area contributed by atoms with Crippen molar-refractivity contribution in [2.45, 2.75) is 37.2 Å². The smallest absolute Gasteiger partial charge is 0.175 e. The van der Waals surface area contributed by atoms with Gasteiger partial charge in [0.15, 0.2) is 9.84 Å². The Morgan fingerprint density at radius 3 is 2.35 bits per heavy atom. The Labute approximate surface area is 141 Å². The molecule has 1 N–H and O–H groups in total. The topological polar surface area (TPSA) is 72.2 Å². The normalized spacial score (nSPS) is 14.0. The molecule has 1 unspecified atom stereocenters. The average Bonchev–Trinajstić information content (AvgIpc) is 2.79. The van der Waals surface area contributed by atoms with Crippen molar-refractivity contribution in [2.75, 3.05) is 6.26 Å². The molecule has 0 bridgehead atoms. The predicted molar refractivity (Wildman–Crippen MR) is 90.5 cm³/mol. The van der Waals surface area contributed by atoms with E-state index < -0.39 is 15.9 Å². The molecule has 0 fully saturated rings. The standard InChI is InChI=1S/C16H21ClN2O3S/c1-16(2,3)14-9-12(19(4)18-14)15(20)11-7-6-10(17)8-13(11)23(5,21)22/h6-9,15,20H,1-5H3. The molecule has 1 aromatic carbocycles. The number of halogens is 1. The van der Waals surface area contributed by atoms with Crippen LogP contribution in [0, 0.1) is 0 Å². The molecular formula is C16H21ClN2O3S. The first-order chi connectivity index (χ1) is 10.4. The number of benzene rings is 1. The van der Waals surface area contributed by atoms with Crippen LogP contribution in [-0.4, -0.2) is 29.6 Å². The van der Waals surface area contributed by atoms with Crippen molar-refractivity contribution >= 4 is 21.4 Å². The number of nitrogens with zero attached hydrogens (tertiary/aromatic N) is 2. The molecular weight excluding hydrogens is 336 g/mol. The molecule has 1 heterocycles. The molecule has 5 nitrogen and oxygen atoms in total. The fourth-order valence-electron chi connectivity index (χ4n) is 2.32. The maximum absolute atomic E-state index is 12.0. The summed E-state index contributed by atoms with van der Waals surface area (Å²) < 4.78 is 25.6. The number of hydrogen-bond donors (Lipinski definition) is 1. The van der Waals surface area contributed by atoms with Gasteiger partial charge in [0.2, 0.25) is 0 Å². The molecule has 0 radical (unpaired) electrons. The summed E-state index contributed by atoms with van der Waals surface area (Å²) in [6.07, 6.45) is -0.00999. The maximum atomic E-state index is 12.0. The minimum Gasteiger partial charge on any atom is -0.382 e. The van der Waals surface area contributed by atoms with Crippen molar-refractivity contribution in [1.29, 1.82) is 0 Å². The van der Waals surface area contributed by atoms with Crippen molar-refractivity contribution in [3.63, 3.8) is 0 Å². The summed E-state index contributed by atoms with van der Waals surface area (Å²) >= 11 is 5.91. The third kappa shape index (κ3) is 3.76. The Kier molecular flexibility index (Phi) is 4.63. The summed E-state index contributed by atoms with van der Waals surface area (Å²) in [5.41, 5.74) is 1.47. The molecule has 1 atom stereocenters. The zero-order valence-corrected chi connectivity index (χ0v) is 15.4. The molecule has 1 aromatic heterocycles. The zero-order chi connectivity index (χ0) is 17.6. The van der Waals surface area contributed by atoms with Gasteiger partial charge in [-0.2, -0.15) is 5.10 Å². The summed E-state index contributed by atoms with van der Waals surface area (Å²) in [6, 6.07) is 6.25. The molecule has 0 aliphatic heterocycles. The van der Waals surface area contributed by atoms with Gasteiger partial charge in [0.25, 0.3) is 0 Å². The molecule has 7 heteroatoms. The largest absolute Gasteiger partial charge is 0.382 e. The second-order valence-corrected chi connectivity index (χ2v) is 9.11. The molecule has 126 valence electrons. The lowest BCUT2D eigenvalue weighted by Gasteiger charge is -2.15. The van der Waals surface area contributed by atoms with E-state index in [0.29, 0.717) is 16.3 Å². The summed E-state index contributed by atoms with van der Waals surface area (Å²) in [4.78, 5) is 0.0241. The van der Waals surface area contributed by atoms with E-state index in [0.717, 1.165) is 11.9 Å². The first kappa shape index (κ1) is 18.0. The van der Waals surface area contributed by atoms with E-state index in [1.54, 1.807) is 23.9 Å². The zero-order valence-electron chi connectivity index (χ0n) is 13.8. The van der Waals surface area contributed by atoms with Crippen LogP contribution in [0.25, 0.3) is 0 Å². The van der Waals surface area contributed by atoms with Gasteiger partial charge in [-0.15, -0.1) is 0 Å². The SMILES string of the molecule is Cn1nc(C(C)(C)C)cc1C(O)c1ccc(Cl)cc1S(C)(=O)=O. The van der Waals surface area contributed by atoms with E-state index in [2.05, 4.69) is 5.10 Å². The van der Waals surface area contributed by atoms with Gasteiger partial charge in [0.1, 0.15) is 6.10 Å². The van der Waals surface area contributed by atoms with Gasteiger partial charge in [-0.05, 0) is 18.2 Å². The Morgan fingerprint density at radius 1 is 1.26 bits per heavy atom. The van der Waals surface area contributed by atoms with Gasteiger partial charge in [0, 0.05) is 29.3 Å². The van der Waals surface area contributed by atoms with Gasteiger partial charge in [0.05, 0.1) is 16.3 Å². The van der Waals surface area contributed by atoms with E-state index in [-0.39, 0.29) is 10.3 Å². The summed E-state index contributed by atoms with van der Waals surface area (Å²) in [5.74, 6) is 0. The molecule has 0 aliphatic carbocycles. The maximum Gasteiger partial charge on any atom is 0.175 e. The number of rotatable bonds is 3. The highest BCUT2D eigenvalue weighted by Crippen LogP contribution is 2.32. The Hall–Kier alpha value is -1.37. The Bertz CT molecular complexity index is 835. The molecule has 2 rings (SSSR count). The fourth-order valence-corrected chi connectivity index (χ4v) is 3.50. The average molecular weight is 357 g/mol. The fraction of sp³-hybridized carbons (Fsp3) is 0.438. The van der Waals surface area contributed by atoms with Crippen LogP contribution >= 0.6 is 11.6 Å².